The molecule has 0 aromatic heterocycles. The summed E-state index contributed by atoms with van der Waals surface area (Å²) in [4.78, 5) is 52.3. The van der Waals surface area contributed by atoms with Gasteiger partial charge in [0.25, 0.3) is 0 Å². The molecule has 0 radical (unpaired) electrons. The number of methoxy groups -OCH3 is 1. The summed E-state index contributed by atoms with van der Waals surface area (Å²) in [5.74, 6) is -1.51. The van der Waals surface area contributed by atoms with Crippen molar-refractivity contribution in [2.45, 2.75) is 95.2 Å². The van der Waals surface area contributed by atoms with Crippen molar-refractivity contribution in [2.24, 2.45) is 17.8 Å². The predicted octanol–water partition coefficient (Wildman–Crippen LogP) is 4.46. The Morgan fingerprint density at radius 2 is 1.80 bits per heavy atom. The van der Waals surface area contributed by atoms with Crippen LogP contribution in [0.1, 0.15) is 64.4 Å². The maximum Gasteiger partial charge on any atom is 0.328 e. The summed E-state index contributed by atoms with van der Waals surface area (Å²) in [5, 5.41) is 2.71. The molecule has 1 aromatic rings. The van der Waals surface area contributed by atoms with Crippen molar-refractivity contribution in [2.75, 3.05) is 36.9 Å². The lowest BCUT2D eigenvalue weighted by atomic mass is 9.61. The Bertz CT molecular complexity index is 1200. The second kappa shape index (κ2) is 14.7. The molecule has 4 aliphatic heterocycles. The van der Waals surface area contributed by atoms with Gasteiger partial charge in [-0.05, 0) is 49.8 Å². The maximum atomic E-state index is 12.9. The van der Waals surface area contributed by atoms with E-state index in [0.29, 0.717) is 31.3 Å². The minimum Gasteiger partial charge on any atom is -0.467 e. The number of ether oxygens (including phenoxy) is 4. The average Bonchev–Trinajstić information content (AvgIpc) is 3.26. The van der Waals surface area contributed by atoms with Gasteiger partial charge in [0.05, 0.1) is 13.5 Å². The van der Waals surface area contributed by atoms with Crippen molar-refractivity contribution in [1.29, 1.82) is 0 Å². The third-order valence-corrected chi connectivity index (χ3v) is 10.1. The highest BCUT2D eigenvalue weighted by Crippen LogP contribution is 2.59. The fraction of sp³-hybridized carbons (Fsp3) is 0.719. The van der Waals surface area contributed by atoms with Crippen LogP contribution in [0.3, 0.4) is 0 Å². The van der Waals surface area contributed by atoms with Crippen molar-refractivity contribution in [3.63, 3.8) is 0 Å². The van der Waals surface area contributed by atoms with Gasteiger partial charge in [-0.2, -0.15) is 0 Å². The predicted molar refractivity (Wildman–Crippen MR) is 165 cm³/mol. The van der Waals surface area contributed by atoms with Crippen molar-refractivity contribution >= 4 is 46.7 Å². The first-order valence-corrected chi connectivity index (χ1v) is 16.9. The number of halogens is 2. The number of amides is 1. The molecular formula is C32H44Cl2N2O9. The van der Waals surface area contributed by atoms with Crippen LogP contribution in [0.5, 0.6) is 0 Å². The Balaban J connectivity index is 1.15. The fourth-order valence-electron chi connectivity index (χ4n) is 7.32. The fourth-order valence-corrected chi connectivity index (χ4v) is 7.73. The molecule has 6 rings (SSSR count). The number of nitrogens with one attached hydrogen (secondary N) is 1. The normalized spacial score (nSPS) is 32.5. The van der Waals surface area contributed by atoms with Crippen LogP contribution < -0.4 is 10.2 Å². The second-order valence-corrected chi connectivity index (χ2v) is 13.4. The van der Waals surface area contributed by atoms with Gasteiger partial charge in [0.1, 0.15) is 6.04 Å². The van der Waals surface area contributed by atoms with Crippen molar-refractivity contribution in [3.8, 4) is 0 Å². The van der Waals surface area contributed by atoms with Gasteiger partial charge >= 0.3 is 11.9 Å². The number of hydrogen-bond donors (Lipinski definition) is 1. The molecule has 250 valence electrons. The summed E-state index contributed by atoms with van der Waals surface area (Å²) in [5.41, 5.74) is 1.06. The number of alkyl halides is 2. The van der Waals surface area contributed by atoms with Crippen LogP contribution in [0, 0.1) is 17.8 Å². The first kappa shape index (κ1) is 34.2. The quantitative estimate of drug-likeness (QED) is 0.183. The monoisotopic (exact) mass is 670 g/mol. The van der Waals surface area contributed by atoms with E-state index in [1.54, 1.807) is 0 Å². The van der Waals surface area contributed by atoms with Crippen molar-refractivity contribution in [1.82, 2.24) is 5.32 Å². The Hall–Kier alpha value is -2.15. The SMILES string of the molecule is COC(=O)C(Cc1ccc(N(CCCl)CCCl)cc1)NC(=O)CCC(=O)OC1OC2OC3(C)CCC4CCCC(C1C)C42OO3. The number of nitrogens with zero attached hydrogens (tertiary/aromatic N) is 1. The molecular weight excluding hydrogens is 627 g/mol. The summed E-state index contributed by atoms with van der Waals surface area (Å²) >= 11 is 11.8. The van der Waals surface area contributed by atoms with Crippen molar-refractivity contribution < 1.29 is 43.1 Å². The molecule has 1 aromatic carbocycles. The molecule has 45 heavy (non-hydrogen) atoms. The summed E-state index contributed by atoms with van der Waals surface area (Å²) in [7, 11) is 1.27. The molecule has 1 spiro atoms. The smallest absolute Gasteiger partial charge is 0.328 e. The highest BCUT2D eigenvalue weighted by molar-refractivity contribution is 6.18. The van der Waals surface area contributed by atoms with Crippen molar-refractivity contribution in [3.05, 3.63) is 29.8 Å². The second-order valence-electron chi connectivity index (χ2n) is 12.6. The lowest BCUT2D eigenvalue weighted by molar-refractivity contribution is -0.575. The largest absolute Gasteiger partial charge is 0.467 e. The van der Waals surface area contributed by atoms with Crippen LogP contribution in [0.4, 0.5) is 5.69 Å². The van der Waals surface area contributed by atoms with E-state index in [2.05, 4.69) is 10.2 Å². The third kappa shape index (κ3) is 7.39. The van der Waals surface area contributed by atoms with Crippen LogP contribution in [0.25, 0.3) is 0 Å². The van der Waals surface area contributed by atoms with Crippen LogP contribution in [0.2, 0.25) is 0 Å². The van der Waals surface area contributed by atoms with E-state index in [1.165, 1.54) is 7.11 Å². The van der Waals surface area contributed by atoms with Gasteiger partial charge in [-0.3, -0.25) is 9.59 Å². The zero-order chi connectivity index (χ0) is 32.2. The van der Waals surface area contributed by atoms with Gasteiger partial charge in [0.2, 0.25) is 18.0 Å². The number of hydrogen-bond acceptors (Lipinski definition) is 10. The van der Waals surface area contributed by atoms with E-state index in [9.17, 15) is 14.4 Å². The van der Waals surface area contributed by atoms with E-state index in [1.807, 2.05) is 38.1 Å². The number of esters is 2. The van der Waals surface area contributed by atoms with Gasteiger partial charge in [0, 0.05) is 61.6 Å². The lowest BCUT2D eigenvalue weighted by Crippen LogP contribution is -2.69. The summed E-state index contributed by atoms with van der Waals surface area (Å²) in [6.07, 6.45) is 2.85. The molecule has 1 aliphatic carbocycles. The van der Waals surface area contributed by atoms with Crippen LogP contribution in [-0.2, 0) is 49.5 Å². The number of fused-ring (bicyclic) bond motifs is 2. The molecule has 5 aliphatic rings. The minimum absolute atomic E-state index is 0.0253. The molecule has 8 atom stereocenters. The van der Waals surface area contributed by atoms with Crippen LogP contribution in [-0.4, -0.2) is 79.8 Å². The Labute approximate surface area is 274 Å². The van der Waals surface area contributed by atoms with Crippen LogP contribution >= 0.6 is 23.2 Å². The van der Waals surface area contributed by atoms with Gasteiger partial charge < -0.3 is 29.2 Å². The molecule has 11 nitrogen and oxygen atoms in total. The van der Waals surface area contributed by atoms with E-state index in [0.717, 1.165) is 36.9 Å². The summed E-state index contributed by atoms with van der Waals surface area (Å²) < 4.78 is 23.2. The zero-order valence-electron chi connectivity index (χ0n) is 26.1. The summed E-state index contributed by atoms with van der Waals surface area (Å²) in [6, 6.07) is 6.70. The Morgan fingerprint density at radius 1 is 1.07 bits per heavy atom. The van der Waals surface area contributed by atoms with Gasteiger partial charge in [-0.1, -0.05) is 25.5 Å². The average molecular weight is 672 g/mol. The molecule has 4 saturated heterocycles. The molecule has 5 fully saturated rings. The number of carbonyl (C=O) groups excluding carboxylic acids is 3. The van der Waals surface area contributed by atoms with E-state index < -0.39 is 47.9 Å². The molecule has 2 bridgehead atoms. The van der Waals surface area contributed by atoms with Gasteiger partial charge in [0.15, 0.2) is 11.9 Å². The molecule has 13 heteroatoms. The molecule has 8 unspecified atom stereocenters. The van der Waals surface area contributed by atoms with E-state index in [4.69, 9.17) is 51.9 Å². The lowest BCUT2D eigenvalue weighted by Gasteiger charge is -2.58. The van der Waals surface area contributed by atoms with Crippen LogP contribution in [0.15, 0.2) is 24.3 Å². The van der Waals surface area contributed by atoms with Gasteiger partial charge in [-0.15, -0.1) is 23.2 Å². The van der Waals surface area contributed by atoms with E-state index in [-0.39, 0.29) is 37.0 Å². The highest BCUT2D eigenvalue weighted by atomic mass is 35.5. The minimum atomic E-state index is -0.922. The summed E-state index contributed by atoms with van der Waals surface area (Å²) in [6.45, 7) is 5.14. The highest BCUT2D eigenvalue weighted by Gasteiger charge is 2.68. The number of rotatable bonds is 13. The topological polar surface area (TPSA) is 122 Å². The number of carbonyl (C=O) groups is 3. The first-order valence-electron chi connectivity index (χ1n) is 15.8. The first-order chi connectivity index (χ1) is 21.6. The number of benzene rings is 1. The molecule has 1 saturated carbocycles. The molecule has 4 heterocycles. The standard InChI is InChI=1S/C32H44Cl2N2O9/c1-20-24-6-4-5-22-13-14-31(2)43-30(32(22,24)45-44-31)42-29(20)41-27(38)12-11-26(37)35-25(28(39)40-3)19-21-7-9-23(10-8-21)36(17-15-33)18-16-34/h7-10,20,22,24-25,29-30H,4-6,11-19H2,1-3H3,(H,35,37). The third-order valence-electron chi connectivity index (χ3n) is 9.72. The Kier molecular flexibility index (Phi) is 11.2. The zero-order valence-corrected chi connectivity index (χ0v) is 27.6. The maximum absolute atomic E-state index is 12.9. The van der Waals surface area contributed by atoms with Gasteiger partial charge in [-0.25, -0.2) is 14.6 Å². The Morgan fingerprint density at radius 3 is 2.49 bits per heavy atom. The van der Waals surface area contributed by atoms with E-state index >= 15 is 0 Å². The molecule has 1 amide bonds. The number of anilines is 1. The molecule has 1 N–H and O–H groups in total.